The zero-order chi connectivity index (χ0) is 15.2. The van der Waals surface area contributed by atoms with Gasteiger partial charge in [0.25, 0.3) is 5.91 Å². The van der Waals surface area contributed by atoms with Crippen molar-refractivity contribution in [3.63, 3.8) is 0 Å². The summed E-state index contributed by atoms with van der Waals surface area (Å²) >= 11 is 1.27. The van der Waals surface area contributed by atoms with Gasteiger partial charge in [-0.25, -0.2) is 4.39 Å². The molecule has 0 radical (unpaired) electrons. The number of rotatable bonds is 3. The minimum atomic E-state index is -0.446. The van der Waals surface area contributed by atoms with Gasteiger partial charge in [0.05, 0.1) is 12.3 Å². The van der Waals surface area contributed by atoms with Crippen LogP contribution in [0.25, 0.3) is 0 Å². The molecule has 2 aromatic rings. The number of carbonyl (C=O) groups is 1. The molecule has 0 aliphatic carbocycles. The van der Waals surface area contributed by atoms with E-state index < -0.39 is 5.82 Å². The lowest BCUT2D eigenvalue weighted by molar-refractivity contribution is 0.0996. The number of halogens is 1. The summed E-state index contributed by atoms with van der Waals surface area (Å²) in [5, 5.41) is 10.5. The highest BCUT2D eigenvalue weighted by molar-refractivity contribution is 7.12. The number of aliphatic hydroxyl groups excluding tert-OH is 1. The zero-order valence-corrected chi connectivity index (χ0v) is 12.3. The van der Waals surface area contributed by atoms with Crippen LogP contribution in [0.1, 0.15) is 21.7 Å². The monoisotopic (exact) mass is 303 g/mol. The molecule has 5 heteroatoms. The molecule has 108 valence electrons. The van der Waals surface area contributed by atoms with Crippen LogP contribution in [0.4, 0.5) is 10.1 Å². The highest BCUT2D eigenvalue weighted by Crippen LogP contribution is 2.23. The summed E-state index contributed by atoms with van der Waals surface area (Å²) in [6.07, 6.45) is 0.354. The number of aliphatic hydroxyl groups is 1. The highest BCUT2D eigenvalue weighted by atomic mass is 32.1. The molecule has 21 heavy (non-hydrogen) atoms. The number of anilines is 1. The van der Waals surface area contributed by atoms with Crippen molar-refractivity contribution in [2.24, 2.45) is 0 Å². The van der Waals surface area contributed by atoms with E-state index in [1.807, 2.05) is 0 Å². The molecule has 1 N–H and O–H groups in total. The number of benzene rings is 1. The second-order valence-electron chi connectivity index (χ2n) is 4.25. The fraction of sp³-hybridized carbons (Fsp3) is 0.188. The summed E-state index contributed by atoms with van der Waals surface area (Å²) in [7, 11) is 1.53. The van der Waals surface area contributed by atoms with E-state index in [0.717, 1.165) is 0 Å². The molecule has 0 aliphatic rings. The van der Waals surface area contributed by atoms with Gasteiger partial charge in [0, 0.05) is 19.0 Å². The van der Waals surface area contributed by atoms with Gasteiger partial charge in [0.15, 0.2) is 0 Å². The molecule has 0 fully saturated rings. The third-order valence-electron chi connectivity index (χ3n) is 2.84. The van der Waals surface area contributed by atoms with Gasteiger partial charge in [0.2, 0.25) is 0 Å². The van der Waals surface area contributed by atoms with Crippen molar-refractivity contribution in [1.29, 1.82) is 0 Å². The maximum Gasteiger partial charge on any atom is 0.269 e. The van der Waals surface area contributed by atoms with Crippen LogP contribution in [0.3, 0.4) is 0 Å². The Hall–Kier alpha value is -2.16. The number of thiophene rings is 1. The third kappa shape index (κ3) is 3.48. The number of para-hydroxylation sites is 1. The topological polar surface area (TPSA) is 40.5 Å². The smallest absolute Gasteiger partial charge is 0.269 e. The summed E-state index contributed by atoms with van der Waals surface area (Å²) < 4.78 is 13.7. The van der Waals surface area contributed by atoms with Gasteiger partial charge in [-0.2, -0.15) is 0 Å². The van der Waals surface area contributed by atoms with Crippen LogP contribution in [0.2, 0.25) is 0 Å². The predicted octanol–water partition coefficient (Wildman–Crippen LogP) is 2.90. The Morgan fingerprint density at radius 2 is 2.14 bits per heavy atom. The van der Waals surface area contributed by atoms with Crippen molar-refractivity contribution in [2.45, 2.75) is 6.42 Å². The van der Waals surface area contributed by atoms with Crippen LogP contribution in [-0.2, 0) is 0 Å². The molecule has 0 aliphatic heterocycles. The molecule has 1 aromatic carbocycles. The zero-order valence-electron chi connectivity index (χ0n) is 11.5. The molecular formula is C16H14FNO2S. The van der Waals surface area contributed by atoms with E-state index in [2.05, 4.69) is 11.8 Å². The summed E-state index contributed by atoms with van der Waals surface area (Å²) in [5.41, 5.74) is 0.826. The number of hydrogen-bond donors (Lipinski definition) is 1. The second kappa shape index (κ2) is 7.02. The van der Waals surface area contributed by atoms with Gasteiger partial charge < -0.3 is 10.0 Å². The molecule has 0 atom stereocenters. The van der Waals surface area contributed by atoms with Crippen molar-refractivity contribution in [3.8, 4) is 11.8 Å². The fourth-order valence-electron chi connectivity index (χ4n) is 1.77. The second-order valence-corrected chi connectivity index (χ2v) is 5.17. The molecule has 1 aromatic heterocycles. The van der Waals surface area contributed by atoms with E-state index in [1.54, 1.807) is 29.6 Å². The minimum absolute atomic E-state index is 0.0183. The van der Waals surface area contributed by atoms with Crippen molar-refractivity contribution in [1.82, 2.24) is 0 Å². The number of carbonyl (C=O) groups excluding carboxylic acids is 1. The first-order valence-electron chi connectivity index (χ1n) is 6.35. The van der Waals surface area contributed by atoms with Crippen molar-refractivity contribution >= 4 is 22.9 Å². The minimum Gasteiger partial charge on any atom is -0.395 e. The van der Waals surface area contributed by atoms with Gasteiger partial charge in [-0.3, -0.25) is 4.79 Å². The lowest BCUT2D eigenvalue weighted by Crippen LogP contribution is -2.26. The lowest BCUT2D eigenvalue weighted by atomic mass is 10.2. The average molecular weight is 303 g/mol. The molecule has 0 unspecified atom stereocenters. The number of hydrogen-bond acceptors (Lipinski definition) is 3. The van der Waals surface area contributed by atoms with E-state index in [9.17, 15) is 9.18 Å². The maximum atomic E-state index is 13.7. The van der Waals surface area contributed by atoms with Crippen LogP contribution in [-0.4, -0.2) is 24.7 Å². The predicted molar refractivity (Wildman–Crippen MR) is 82.0 cm³/mol. The summed E-state index contributed by atoms with van der Waals surface area (Å²) in [6.45, 7) is -0.0183. The van der Waals surface area contributed by atoms with Gasteiger partial charge in [-0.05, 0) is 23.6 Å². The Morgan fingerprint density at radius 1 is 1.38 bits per heavy atom. The quantitative estimate of drug-likeness (QED) is 0.886. The van der Waals surface area contributed by atoms with Crippen LogP contribution in [0, 0.1) is 17.7 Å². The fourth-order valence-corrected chi connectivity index (χ4v) is 2.60. The van der Waals surface area contributed by atoms with Crippen LogP contribution >= 0.6 is 11.3 Å². The normalized spacial score (nSPS) is 9.86. The molecule has 0 saturated heterocycles. The standard InChI is InChI=1S/C16H14FNO2S/c1-18(14-8-3-2-7-13(14)17)16(20)15-12(9-11-21-15)6-4-5-10-19/h2-3,7-9,11,19H,5,10H2,1H3. The molecule has 0 spiro atoms. The van der Waals surface area contributed by atoms with Gasteiger partial charge in [-0.15, -0.1) is 11.3 Å². The van der Waals surface area contributed by atoms with Crippen LogP contribution in [0.5, 0.6) is 0 Å². The summed E-state index contributed by atoms with van der Waals surface area (Å²) in [4.78, 5) is 14.2. The lowest BCUT2D eigenvalue weighted by Gasteiger charge is -2.17. The van der Waals surface area contributed by atoms with Gasteiger partial charge >= 0.3 is 0 Å². The van der Waals surface area contributed by atoms with E-state index in [1.165, 1.54) is 29.4 Å². The maximum absolute atomic E-state index is 13.7. The molecule has 0 saturated carbocycles. The van der Waals surface area contributed by atoms with Crippen LogP contribution < -0.4 is 4.90 Å². The average Bonchev–Trinajstić information content (AvgIpc) is 2.95. The number of nitrogens with zero attached hydrogens (tertiary/aromatic N) is 1. The Balaban J connectivity index is 2.27. The Morgan fingerprint density at radius 3 is 2.86 bits per heavy atom. The molecule has 0 bridgehead atoms. The van der Waals surface area contributed by atoms with Crippen molar-refractivity contribution < 1.29 is 14.3 Å². The SMILES string of the molecule is CN(C(=O)c1sccc1C#CCCO)c1ccccc1F. The Bertz CT molecular complexity index is 700. The molecule has 3 nitrogen and oxygen atoms in total. The first kappa shape index (κ1) is 15.2. The van der Waals surface area contributed by atoms with E-state index in [-0.39, 0.29) is 18.2 Å². The largest absolute Gasteiger partial charge is 0.395 e. The van der Waals surface area contributed by atoms with Crippen LogP contribution in [0.15, 0.2) is 35.7 Å². The van der Waals surface area contributed by atoms with Crippen molar-refractivity contribution in [3.05, 3.63) is 52.0 Å². The van der Waals surface area contributed by atoms with Gasteiger partial charge in [-0.1, -0.05) is 24.0 Å². The first-order chi connectivity index (χ1) is 10.1. The molecule has 2 rings (SSSR count). The molecular weight excluding hydrogens is 289 g/mol. The molecule has 1 amide bonds. The van der Waals surface area contributed by atoms with E-state index in [0.29, 0.717) is 16.9 Å². The first-order valence-corrected chi connectivity index (χ1v) is 7.23. The van der Waals surface area contributed by atoms with Crippen molar-refractivity contribution in [2.75, 3.05) is 18.6 Å². The molecule has 1 heterocycles. The van der Waals surface area contributed by atoms with E-state index >= 15 is 0 Å². The third-order valence-corrected chi connectivity index (χ3v) is 3.74. The Kier molecular flexibility index (Phi) is 5.09. The number of amides is 1. The van der Waals surface area contributed by atoms with Gasteiger partial charge in [0.1, 0.15) is 10.7 Å². The van der Waals surface area contributed by atoms with E-state index in [4.69, 9.17) is 5.11 Å². The highest BCUT2D eigenvalue weighted by Gasteiger charge is 2.19. The summed E-state index contributed by atoms with van der Waals surface area (Å²) in [5.74, 6) is 4.89. The summed E-state index contributed by atoms with van der Waals surface area (Å²) in [6, 6.07) is 7.87. The Labute approximate surface area is 126 Å².